The van der Waals surface area contributed by atoms with Crippen molar-refractivity contribution < 1.29 is 9.47 Å². The zero-order valence-electron chi connectivity index (χ0n) is 11.6. The molecule has 0 spiro atoms. The summed E-state index contributed by atoms with van der Waals surface area (Å²) < 4.78 is 11.3. The molecule has 0 saturated carbocycles. The molecule has 0 aliphatic carbocycles. The van der Waals surface area contributed by atoms with E-state index in [1.807, 2.05) is 48.7 Å². The summed E-state index contributed by atoms with van der Waals surface area (Å²) in [7, 11) is 1.67. The SMILES string of the molecule is COc1cc2c(C)c[nH]c2cc1OCc1ccccc1. The van der Waals surface area contributed by atoms with Gasteiger partial charge in [-0.05, 0) is 24.1 Å². The van der Waals surface area contributed by atoms with Crippen LogP contribution in [-0.4, -0.2) is 12.1 Å². The Morgan fingerprint density at radius 3 is 2.60 bits per heavy atom. The van der Waals surface area contributed by atoms with Crippen molar-refractivity contribution in [2.24, 2.45) is 0 Å². The molecule has 3 heteroatoms. The predicted octanol–water partition coefficient (Wildman–Crippen LogP) is 4.06. The van der Waals surface area contributed by atoms with E-state index >= 15 is 0 Å². The molecule has 0 aliphatic heterocycles. The molecule has 0 fully saturated rings. The zero-order valence-corrected chi connectivity index (χ0v) is 11.6. The van der Waals surface area contributed by atoms with Gasteiger partial charge >= 0.3 is 0 Å². The van der Waals surface area contributed by atoms with E-state index in [1.165, 1.54) is 5.56 Å². The van der Waals surface area contributed by atoms with Crippen molar-refractivity contribution in [2.45, 2.75) is 13.5 Å². The fourth-order valence-electron chi connectivity index (χ4n) is 2.28. The van der Waals surface area contributed by atoms with Crippen molar-refractivity contribution >= 4 is 10.9 Å². The number of aromatic amines is 1. The molecule has 0 saturated heterocycles. The molecule has 3 nitrogen and oxygen atoms in total. The number of benzene rings is 2. The minimum Gasteiger partial charge on any atom is -0.493 e. The first-order chi connectivity index (χ1) is 9.78. The third-order valence-electron chi connectivity index (χ3n) is 3.41. The van der Waals surface area contributed by atoms with E-state index in [4.69, 9.17) is 9.47 Å². The molecule has 0 bridgehead atoms. The second-order valence-electron chi connectivity index (χ2n) is 4.79. The third-order valence-corrected chi connectivity index (χ3v) is 3.41. The molecule has 0 aliphatic rings. The average Bonchev–Trinajstić information content (AvgIpc) is 2.86. The van der Waals surface area contributed by atoms with Crippen LogP contribution in [0.5, 0.6) is 11.5 Å². The number of methoxy groups -OCH3 is 1. The second kappa shape index (κ2) is 5.29. The van der Waals surface area contributed by atoms with Crippen molar-refractivity contribution in [2.75, 3.05) is 7.11 Å². The van der Waals surface area contributed by atoms with Crippen LogP contribution in [0.4, 0.5) is 0 Å². The van der Waals surface area contributed by atoms with Crippen LogP contribution in [0, 0.1) is 6.92 Å². The number of rotatable bonds is 4. The first-order valence-electron chi connectivity index (χ1n) is 6.60. The normalized spacial score (nSPS) is 10.7. The molecule has 1 aromatic heterocycles. The Labute approximate surface area is 118 Å². The number of H-pyrrole nitrogens is 1. The van der Waals surface area contributed by atoms with Crippen molar-refractivity contribution in [1.29, 1.82) is 0 Å². The minimum atomic E-state index is 0.530. The summed E-state index contributed by atoms with van der Waals surface area (Å²) in [6.45, 7) is 2.60. The highest BCUT2D eigenvalue weighted by atomic mass is 16.5. The fourth-order valence-corrected chi connectivity index (χ4v) is 2.28. The van der Waals surface area contributed by atoms with Crippen LogP contribution >= 0.6 is 0 Å². The highest BCUT2D eigenvalue weighted by Gasteiger charge is 2.09. The zero-order chi connectivity index (χ0) is 13.9. The summed E-state index contributed by atoms with van der Waals surface area (Å²) in [6, 6.07) is 14.1. The Kier molecular flexibility index (Phi) is 3.33. The van der Waals surface area contributed by atoms with Crippen LogP contribution in [0.1, 0.15) is 11.1 Å². The summed E-state index contributed by atoms with van der Waals surface area (Å²) in [4.78, 5) is 3.24. The van der Waals surface area contributed by atoms with Gasteiger partial charge in [-0.3, -0.25) is 0 Å². The van der Waals surface area contributed by atoms with Gasteiger partial charge < -0.3 is 14.5 Å². The molecule has 1 N–H and O–H groups in total. The summed E-state index contributed by atoms with van der Waals surface area (Å²) in [5, 5.41) is 1.16. The standard InChI is InChI=1S/C17H17NO2/c1-12-10-18-15-9-17(16(19-2)8-14(12)15)20-11-13-6-4-3-5-7-13/h3-10,18H,11H2,1-2H3. The summed E-state index contributed by atoms with van der Waals surface area (Å²) in [6.07, 6.45) is 1.99. The largest absolute Gasteiger partial charge is 0.493 e. The van der Waals surface area contributed by atoms with Crippen LogP contribution in [0.25, 0.3) is 10.9 Å². The minimum absolute atomic E-state index is 0.530. The Bertz CT molecular complexity index is 716. The highest BCUT2D eigenvalue weighted by molar-refractivity contribution is 5.86. The van der Waals surface area contributed by atoms with Crippen LogP contribution in [0.3, 0.4) is 0 Å². The van der Waals surface area contributed by atoms with Gasteiger partial charge in [-0.25, -0.2) is 0 Å². The smallest absolute Gasteiger partial charge is 0.163 e. The van der Waals surface area contributed by atoms with Gasteiger partial charge in [-0.2, -0.15) is 0 Å². The Morgan fingerprint density at radius 1 is 1.05 bits per heavy atom. The average molecular weight is 267 g/mol. The lowest BCUT2D eigenvalue weighted by Crippen LogP contribution is -1.97. The molecule has 2 aromatic carbocycles. The van der Waals surface area contributed by atoms with Gasteiger partial charge in [0.1, 0.15) is 6.61 Å². The molecule has 0 atom stereocenters. The molecular formula is C17H17NO2. The van der Waals surface area contributed by atoms with Crippen LogP contribution in [0.2, 0.25) is 0 Å². The Hall–Kier alpha value is -2.42. The Balaban J connectivity index is 1.90. The first-order valence-corrected chi connectivity index (χ1v) is 6.60. The summed E-state index contributed by atoms with van der Waals surface area (Å²) in [5.74, 6) is 1.52. The van der Waals surface area contributed by atoms with Crippen molar-refractivity contribution in [3.63, 3.8) is 0 Å². The van der Waals surface area contributed by atoms with Gasteiger partial charge in [0.2, 0.25) is 0 Å². The lowest BCUT2D eigenvalue weighted by atomic mass is 10.1. The van der Waals surface area contributed by atoms with Crippen LogP contribution in [-0.2, 0) is 6.61 Å². The van der Waals surface area contributed by atoms with E-state index in [0.717, 1.165) is 28.0 Å². The maximum Gasteiger partial charge on any atom is 0.163 e. The van der Waals surface area contributed by atoms with Crippen molar-refractivity contribution in [3.8, 4) is 11.5 Å². The van der Waals surface area contributed by atoms with E-state index in [2.05, 4.69) is 11.9 Å². The monoisotopic (exact) mass is 267 g/mol. The van der Waals surface area contributed by atoms with E-state index < -0.39 is 0 Å². The molecule has 0 radical (unpaired) electrons. The predicted molar refractivity (Wildman–Crippen MR) is 80.4 cm³/mol. The fraction of sp³-hybridized carbons (Fsp3) is 0.176. The summed E-state index contributed by atoms with van der Waals surface area (Å²) in [5.41, 5.74) is 3.40. The maximum absolute atomic E-state index is 5.89. The molecule has 0 unspecified atom stereocenters. The van der Waals surface area contributed by atoms with Gasteiger partial charge in [-0.1, -0.05) is 30.3 Å². The lowest BCUT2D eigenvalue weighted by molar-refractivity contribution is 0.285. The second-order valence-corrected chi connectivity index (χ2v) is 4.79. The number of hydrogen-bond donors (Lipinski definition) is 1. The van der Waals surface area contributed by atoms with E-state index in [0.29, 0.717) is 6.61 Å². The van der Waals surface area contributed by atoms with Crippen LogP contribution < -0.4 is 9.47 Å². The third kappa shape index (κ3) is 2.35. The van der Waals surface area contributed by atoms with Gasteiger partial charge in [0.15, 0.2) is 11.5 Å². The quantitative estimate of drug-likeness (QED) is 0.773. The van der Waals surface area contributed by atoms with Gasteiger partial charge in [0, 0.05) is 23.2 Å². The molecule has 1 heterocycles. The van der Waals surface area contributed by atoms with Gasteiger partial charge in [0.25, 0.3) is 0 Å². The molecule has 0 amide bonds. The van der Waals surface area contributed by atoms with Gasteiger partial charge in [-0.15, -0.1) is 0 Å². The number of nitrogens with one attached hydrogen (secondary N) is 1. The molecule has 3 rings (SSSR count). The summed E-state index contributed by atoms with van der Waals surface area (Å²) >= 11 is 0. The van der Waals surface area contributed by atoms with E-state index in [9.17, 15) is 0 Å². The molecular weight excluding hydrogens is 250 g/mol. The van der Waals surface area contributed by atoms with Crippen molar-refractivity contribution in [1.82, 2.24) is 4.98 Å². The van der Waals surface area contributed by atoms with Crippen LogP contribution in [0.15, 0.2) is 48.7 Å². The highest BCUT2D eigenvalue weighted by Crippen LogP contribution is 2.33. The first kappa shape index (κ1) is 12.6. The maximum atomic E-state index is 5.89. The van der Waals surface area contributed by atoms with Gasteiger partial charge in [0.05, 0.1) is 7.11 Å². The molecule has 20 heavy (non-hydrogen) atoms. The number of fused-ring (bicyclic) bond motifs is 1. The van der Waals surface area contributed by atoms with E-state index in [1.54, 1.807) is 7.11 Å². The molecule has 102 valence electrons. The van der Waals surface area contributed by atoms with Crippen molar-refractivity contribution in [3.05, 3.63) is 59.8 Å². The number of ether oxygens (including phenoxy) is 2. The number of hydrogen-bond acceptors (Lipinski definition) is 2. The number of aromatic nitrogens is 1. The topological polar surface area (TPSA) is 34.2 Å². The number of aryl methyl sites for hydroxylation is 1. The van der Waals surface area contributed by atoms with E-state index in [-0.39, 0.29) is 0 Å². The molecule has 3 aromatic rings. The Morgan fingerprint density at radius 2 is 1.85 bits per heavy atom. The lowest BCUT2D eigenvalue weighted by Gasteiger charge is -2.11.